The zero-order valence-corrected chi connectivity index (χ0v) is 10.0. The van der Waals surface area contributed by atoms with Crippen LogP contribution in [0.25, 0.3) is 32.8 Å². The van der Waals surface area contributed by atoms with Crippen LogP contribution < -0.4 is 11.2 Å². The molecule has 0 atom stereocenters. The molecular formula is C15H11N3O. The SMILES string of the molecule is Nc1ccc2[nH]c3c(=O)c4ccccc4[nH]c3c2c1. The van der Waals surface area contributed by atoms with Crippen LogP contribution in [0.1, 0.15) is 0 Å². The number of para-hydroxylation sites is 1. The number of aromatic amines is 2. The fourth-order valence-corrected chi connectivity index (χ4v) is 2.57. The van der Waals surface area contributed by atoms with Gasteiger partial charge in [0.1, 0.15) is 5.52 Å². The number of nitrogens with two attached hydrogens (primary N) is 1. The van der Waals surface area contributed by atoms with E-state index in [0.29, 0.717) is 16.6 Å². The predicted molar refractivity (Wildman–Crippen MR) is 78.3 cm³/mol. The van der Waals surface area contributed by atoms with Crippen molar-refractivity contribution in [3.05, 3.63) is 52.7 Å². The smallest absolute Gasteiger partial charge is 0.213 e. The van der Waals surface area contributed by atoms with Gasteiger partial charge in [0.05, 0.1) is 5.52 Å². The van der Waals surface area contributed by atoms with Gasteiger partial charge in [0.15, 0.2) is 0 Å². The number of fused-ring (bicyclic) bond motifs is 4. The fraction of sp³-hybridized carbons (Fsp3) is 0. The molecule has 0 fully saturated rings. The van der Waals surface area contributed by atoms with Gasteiger partial charge in [0.2, 0.25) is 5.43 Å². The normalized spacial score (nSPS) is 11.6. The average molecular weight is 249 g/mol. The largest absolute Gasteiger partial charge is 0.399 e. The summed E-state index contributed by atoms with van der Waals surface area (Å²) in [5.41, 5.74) is 9.67. The molecule has 0 amide bonds. The molecule has 0 aliphatic rings. The van der Waals surface area contributed by atoms with E-state index in [1.54, 1.807) is 0 Å². The lowest BCUT2D eigenvalue weighted by Gasteiger charge is -1.98. The highest BCUT2D eigenvalue weighted by Crippen LogP contribution is 2.25. The van der Waals surface area contributed by atoms with Gasteiger partial charge in [0, 0.05) is 27.5 Å². The first kappa shape index (κ1) is 10.2. The van der Waals surface area contributed by atoms with Gasteiger partial charge in [-0.2, -0.15) is 0 Å². The predicted octanol–water partition coefficient (Wildman–Crippen LogP) is 2.74. The van der Waals surface area contributed by atoms with Crippen LogP contribution in [0.4, 0.5) is 5.69 Å². The summed E-state index contributed by atoms with van der Waals surface area (Å²) in [6.07, 6.45) is 0. The van der Waals surface area contributed by atoms with Gasteiger partial charge in [-0.25, -0.2) is 0 Å². The molecule has 0 aliphatic heterocycles. The number of hydrogen-bond acceptors (Lipinski definition) is 2. The second-order valence-corrected chi connectivity index (χ2v) is 4.68. The van der Waals surface area contributed by atoms with E-state index in [0.717, 1.165) is 21.9 Å². The molecule has 0 saturated heterocycles. The summed E-state index contributed by atoms with van der Waals surface area (Å²) in [7, 11) is 0. The van der Waals surface area contributed by atoms with Gasteiger partial charge in [-0.15, -0.1) is 0 Å². The van der Waals surface area contributed by atoms with Crippen molar-refractivity contribution in [3.63, 3.8) is 0 Å². The van der Waals surface area contributed by atoms with Crippen LogP contribution in [-0.4, -0.2) is 9.97 Å². The van der Waals surface area contributed by atoms with Gasteiger partial charge in [-0.1, -0.05) is 12.1 Å². The molecule has 4 aromatic rings. The van der Waals surface area contributed by atoms with Gasteiger partial charge in [0.25, 0.3) is 0 Å². The molecule has 0 spiro atoms. The lowest BCUT2D eigenvalue weighted by molar-refractivity contribution is 1.46. The number of benzene rings is 2. The number of aromatic nitrogens is 2. The Morgan fingerprint density at radius 1 is 0.842 bits per heavy atom. The molecule has 0 radical (unpaired) electrons. The topological polar surface area (TPSA) is 74.7 Å². The Morgan fingerprint density at radius 2 is 1.58 bits per heavy atom. The first-order valence-corrected chi connectivity index (χ1v) is 6.06. The molecule has 92 valence electrons. The third kappa shape index (κ3) is 1.31. The Balaban J connectivity index is 2.34. The van der Waals surface area contributed by atoms with Crippen LogP contribution in [0.3, 0.4) is 0 Å². The molecule has 0 saturated carbocycles. The van der Waals surface area contributed by atoms with E-state index in [4.69, 9.17) is 5.73 Å². The molecule has 0 aliphatic carbocycles. The van der Waals surface area contributed by atoms with Crippen molar-refractivity contribution in [1.29, 1.82) is 0 Å². The third-order valence-electron chi connectivity index (χ3n) is 3.48. The quantitative estimate of drug-likeness (QED) is 0.419. The molecule has 19 heavy (non-hydrogen) atoms. The average Bonchev–Trinajstić information content (AvgIpc) is 2.78. The zero-order valence-electron chi connectivity index (χ0n) is 10.0. The van der Waals surface area contributed by atoms with E-state index in [2.05, 4.69) is 9.97 Å². The van der Waals surface area contributed by atoms with E-state index in [-0.39, 0.29) is 5.43 Å². The summed E-state index contributed by atoms with van der Waals surface area (Å²) < 4.78 is 0. The van der Waals surface area contributed by atoms with Crippen LogP contribution in [0.5, 0.6) is 0 Å². The van der Waals surface area contributed by atoms with E-state index >= 15 is 0 Å². The van der Waals surface area contributed by atoms with E-state index in [9.17, 15) is 4.79 Å². The minimum absolute atomic E-state index is 0.0131. The summed E-state index contributed by atoms with van der Waals surface area (Å²) in [5.74, 6) is 0. The van der Waals surface area contributed by atoms with Crippen molar-refractivity contribution in [2.45, 2.75) is 0 Å². The highest BCUT2D eigenvalue weighted by molar-refractivity contribution is 6.08. The third-order valence-corrected chi connectivity index (χ3v) is 3.48. The summed E-state index contributed by atoms with van der Waals surface area (Å²) in [4.78, 5) is 18.9. The van der Waals surface area contributed by atoms with Crippen molar-refractivity contribution >= 4 is 38.5 Å². The summed E-state index contributed by atoms with van der Waals surface area (Å²) in [5, 5.41) is 1.63. The number of anilines is 1. The molecule has 2 aromatic carbocycles. The van der Waals surface area contributed by atoms with E-state index < -0.39 is 0 Å². The minimum Gasteiger partial charge on any atom is -0.399 e. The monoisotopic (exact) mass is 249 g/mol. The van der Waals surface area contributed by atoms with Crippen LogP contribution in [0, 0.1) is 0 Å². The van der Waals surface area contributed by atoms with Crippen molar-refractivity contribution in [2.75, 3.05) is 5.73 Å². The highest BCUT2D eigenvalue weighted by atomic mass is 16.1. The lowest BCUT2D eigenvalue weighted by atomic mass is 10.1. The second-order valence-electron chi connectivity index (χ2n) is 4.68. The highest BCUT2D eigenvalue weighted by Gasteiger charge is 2.10. The van der Waals surface area contributed by atoms with Crippen molar-refractivity contribution in [2.24, 2.45) is 0 Å². The van der Waals surface area contributed by atoms with Crippen molar-refractivity contribution in [3.8, 4) is 0 Å². The Morgan fingerprint density at radius 3 is 2.47 bits per heavy atom. The Hall–Kier alpha value is -2.75. The van der Waals surface area contributed by atoms with Crippen LogP contribution >= 0.6 is 0 Å². The van der Waals surface area contributed by atoms with Crippen LogP contribution in [0.2, 0.25) is 0 Å². The molecule has 0 bridgehead atoms. The molecule has 2 heterocycles. The summed E-state index contributed by atoms with van der Waals surface area (Å²) >= 11 is 0. The van der Waals surface area contributed by atoms with Gasteiger partial charge in [-0.3, -0.25) is 4.79 Å². The second kappa shape index (κ2) is 3.38. The molecule has 4 N–H and O–H groups in total. The number of nitrogen functional groups attached to an aromatic ring is 1. The molecule has 2 aromatic heterocycles. The number of hydrogen-bond donors (Lipinski definition) is 3. The van der Waals surface area contributed by atoms with Gasteiger partial charge in [-0.05, 0) is 30.3 Å². The first-order valence-electron chi connectivity index (χ1n) is 6.06. The summed E-state index contributed by atoms with van der Waals surface area (Å²) in [6.45, 7) is 0. The lowest BCUT2D eigenvalue weighted by Crippen LogP contribution is -2.03. The Labute approximate surface area is 107 Å². The number of pyridine rings is 1. The number of rotatable bonds is 0. The molecular weight excluding hydrogens is 238 g/mol. The van der Waals surface area contributed by atoms with E-state index in [1.807, 2.05) is 42.5 Å². The first-order chi connectivity index (χ1) is 9.24. The standard InChI is InChI=1S/C15H11N3O/c16-8-5-6-12-10(7-8)13-14(18-12)15(19)9-3-1-2-4-11(9)17-13/h1-7,18H,16H2,(H,17,19). The minimum atomic E-state index is 0.0131. The maximum Gasteiger partial charge on any atom is 0.213 e. The Bertz CT molecular complexity index is 995. The van der Waals surface area contributed by atoms with Crippen molar-refractivity contribution in [1.82, 2.24) is 9.97 Å². The van der Waals surface area contributed by atoms with Gasteiger partial charge >= 0.3 is 0 Å². The van der Waals surface area contributed by atoms with Crippen LogP contribution in [-0.2, 0) is 0 Å². The maximum absolute atomic E-state index is 12.5. The molecule has 4 nitrogen and oxygen atoms in total. The number of nitrogens with one attached hydrogen (secondary N) is 2. The van der Waals surface area contributed by atoms with Crippen LogP contribution in [0.15, 0.2) is 47.3 Å². The van der Waals surface area contributed by atoms with Crippen molar-refractivity contribution < 1.29 is 0 Å². The Kier molecular flexibility index (Phi) is 1.82. The summed E-state index contributed by atoms with van der Waals surface area (Å²) in [6, 6.07) is 13.1. The maximum atomic E-state index is 12.5. The number of H-pyrrole nitrogens is 2. The molecule has 0 unspecified atom stereocenters. The molecule has 4 heteroatoms. The molecule has 4 rings (SSSR count). The zero-order chi connectivity index (χ0) is 13.0. The fourth-order valence-electron chi connectivity index (χ4n) is 2.57. The van der Waals surface area contributed by atoms with E-state index in [1.165, 1.54) is 0 Å². The van der Waals surface area contributed by atoms with Gasteiger partial charge < -0.3 is 15.7 Å².